The van der Waals surface area contributed by atoms with Crippen LogP contribution in [0.15, 0.2) is 47.4 Å². The third kappa shape index (κ3) is 5.10. The number of amides is 1. The molecule has 0 heterocycles. The van der Waals surface area contributed by atoms with Gasteiger partial charge in [-0.25, -0.2) is 0 Å². The van der Waals surface area contributed by atoms with Gasteiger partial charge < -0.3 is 5.32 Å². The summed E-state index contributed by atoms with van der Waals surface area (Å²) in [6, 6.07) is 12.5. The van der Waals surface area contributed by atoms with E-state index in [1.165, 1.54) is 11.8 Å². The third-order valence-corrected chi connectivity index (χ3v) is 4.95. The minimum absolute atomic E-state index is 0.0754. The molecule has 0 unspecified atom stereocenters. The average Bonchev–Trinajstić information content (AvgIpc) is 2.48. The highest BCUT2D eigenvalue weighted by Gasteiger charge is 2.11. The van der Waals surface area contributed by atoms with Gasteiger partial charge in [-0.05, 0) is 42.8 Å². The SMILES string of the molecule is C[C@H](NC(=O)CSc1cc(Cl)ccc1Cl)c1cccc(Cl)c1. The van der Waals surface area contributed by atoms with Crippen LogP contribution in [-0.2, 0) is 4.79 Å². The molecule has 0 aliphatic heterocycles. The number of carbonyl (C=O) groups excluding carboxylic acids is 1. The third-order valence-electron chi connectivity index (χ3n) is 2.98. The second-order valence-corrected chi connectivity index (χ2v) is 7.00. The Balaban J connectivity index is 1.91. The Labute approximate surface area is 149 Å². The van der Waals surface area contributed by atoms with Crippen molar-refractivity contribution in [2.45, 2.75) is 17.9 Å². The summed E-state index contributed by atoms with van der Waals surface area (Å²) in [5.74, 6) is 0.193. The topological polar surface area (TPSA) is 29.1 Å². The van der Waals surface area contributed by atoms with Gasteiger partial charge in [-0.1, -0.05) is 46.9 Å². The first-order valence-corrected chi connectivity index (χ1v) is 8.70. The van der Waals surface area contributed by atoms with E-state index >= 15 is 0 Å². The summed E-state index contributed by atoms with van der Waals surface area (Å²) in [6.45, 7) is 1.92. The molecule has 2 aromatic rings. The first-order valence-electron chi connectivity index (χ1n) is 6.58. The van der Waals surface area contributed by atoms with E-state index in [4.69, 9.17) is 34.8 Å². The van der Waals surface area contributed by atoms with Crippen LogP contribution < -0.4 is 5.32 Å². The number of halogens is 3. The molecule has 1 amide bonds. The lowest BCUT2D eigenvalue weighted by molar-refractivity contribution is -0.119. The van der Waals surface area contributed by atoms with Crippen molar-refractivity contribution in [1.82, 2.24) is 5.32 Å². The maximum absolute atomic E-state index is 12.0. The lowest BCUT2D eigenvalue weighted by Gasteiger charge is -2.14. The number of hydrogen-bond acceptors (Lipinski definition) is 2. The van der Waals surface area contributed by atoms with Crippen LogP contribution in [0.25, 0.3) is 0 Å². The van der Waals surface area contributed by atoms with Gasteiger partial charge >= 0.3 is 0 Å². The normalized spacial score (nSPS) is 12.0. The molecule has 1 atom stereocenters. The molecule has 2 nitrogen and oxygen atoms in total. The molecule has 0 aliphatic rings. The van der Waals surface area contributed by atoms with Gasteiger partial charge in [0.25, 0.3) is 0 Å². The van der Waals surface area contributed by atoms with Crippen LogP contribution in [0.4, 0.5) is 0 Å². The van der Waals surface area contributed by atoms with Gasteiger partial charge in [0, 0.05) is 14.9 Å². The molecule has 0 radical (unpaired) electrons. The molecular formula is C16H14Cl3NOS. The number of nitrogens with one attached hydrogen (secondary N) is 1. The molecule has 0 fully saturated rings. The molecule has 0 saturated carbocycles. The van der Waals surface area contributed by atoms with Gasteiger partial charge in [0.1, 0.15) is 0 Å². The van der Waals surface area contributed by atoms with Crippen LogP contribution in [0.2, 0.25) is 15.1 Å². The van der Waals surface area contributed by atoms with Gasteiger partial charge in [-0.3, -0.25) is 4.79 Å². The van der Waals surface area contributed by atoms with E-state index in [-0.39, 0.29) is 17.7 Å². The van der Waals surface area contributed by atoms with Crippen molar-refractivity contribution in [2.24, 2.45) is 0 Å². The fourth-order valence-electron chi connectivity index (χ4n) is 1.87. The van der Waals surface area contributed by atoms with Crippen molar-refractivity contribution in [1.29, 1.82) is 0 Å². The second-order valence-electron chi connectivity index (χ2n) is 4.71. The van der Waals surface area contributed by atoms with Gasteiger partial charge in [0.2, 0.25) is 5.91 Å². The summed E-state index contributed by atoms with van der Waals surface area (Å²) in [5, 5.41) is 4.77. The van der Waals surface area contributed by atoms with E-state index in [9.17, 15) is 4.79 Å². The zero-order chi connectivity index (χ0) is 16.1. The van der Waals surface area contributed by atoms with Crippen molar-refractivity contribution in [3.63, 3.8) is 0 Å². The first kappa shape index (κ1) is 17.5. The fraction of sp³-hybridized carbons (Fsp3) is 0.188. The Morgan fingerprint density at radius 1 is 1.14 bits per heavy atom. The smallest absolute Gasteiger partial charge is 0.230 e. The van der Waals surface area contributed by atoms with Crippen LogP contribution in [0.5, 0.6) is 0 Å². The molecule has 0 aliphatic carbocycles. The average molecular weight is 375 g/mol. The second kappa shape index (κ2) is 8.11. The lowest BCUT2D eigenvalue weighted by atomic mass is 10.1. The monoisotopic (exact) mass is 373 g/mol. The zero-order valence-corrected chi connectivity index (χ0v) is 14.9. The van der Waals surface area contributed by atoms with E-state index < -0.39 is 0 Å². The van der Waals surface area contributed by atoms with Crippen LogP contribution >= 0.6 is 46.6 Å². The summed E-state index contributed by atoms with van der Waals surface area (Å²) >= 11 is 19.3. The maximum atomic E-state index is 12.0. The van der Waals surface area contributed by atoms with Crippen LogP contribution in [-0.4, -0.2) is 11.7 Å². The van der Waals surface area contributed by atoms with Gasteiger partial charge in [0.05, 0.1) is 16.8 Å². The van der Waals surface area contributed by atoms with E-state index in [1.54, 1.807) is 24.3 Å². The standard InChI is InChI=1S/C16H14Cl3NOS/c1-10(11-3-2-4-12(17)7-11)20-16(21)9-22-15-8-13(18)5-6-14(15)19/h2-8,10H,9H2,1H3,(H,20,21)/t10-/m0/s1. The Morgan fingerprint density at radius 2 is 1.86 bits per heavy atom. The Morgan fingerprint density at radius 3 is 2.59 bits per heavy atom. The van der Waals surface area contributed by atoms with Crippen molar-refractivity contribution in [3.05, 3.63) is 63.1 Å². The molecule has 116 valence electrons. The predicted molar refractivity (Wildman–Crippen MR) is 95.2 cm³/mol. The Kier molecular flexibility index (Phi) is 6.45. The van der Waals surface area contributed by atoms with Crippen molar-refractivity contribution in [3.8, 4) is 0 Å². The minimum Gasteiger partial charge on any atom is -0.349 e. The quantitative estimate of drug-likeness (QED) is 0.688. The first-order chi connectivity index (χ1) is 10.5. The summed E-state index contributed by atoms with van der Waals surface area (Å²) < 4.78 is 0. The summed E-state index contributed by atoms with van der Waals surface area (Å²) in [6.07, 6.45) is 0. The molecule has 0 aromatic heterocycles. The van der Waals surface area contributed by atoms with Gasteiger partial charge in [0.15, 0.2) is 0 Å². The largest absolute Gasteiger partial charge is 0.349 e. The van der Waals surface area contributed by atoms with Crippen molar-refractivity contribution < 1.29 is 4.79 Å². The number of thioether (sulfide) groups is 1. The van der Waals surface area contributed by atoms with Crippen molar-refractivity contribution in [2.75, 3.05) is 5.75 Å². The Hall–Kier alpha value is -0.870. The molecule has 0 bridgehead atoms. The molecule has 2 aromatic carbocycles. The number of carbonyl (C=O) groups is 1. The maximum Gasteiger partial charge on any atom is 0.230 e. The fourth-order valence-corrected chi connectivity index (χ4v) is 3.38. The summed E-state index contributed by atoms with van der Waals surface area (Å²) in [4.78, 5) is 12.8. The molecule has 1 N–H and O–H groups in total. The Bertz CT molecular complexity index is 678. The highest BCUT2D eigenvalue weighted by Crippen LogP contribution is 2.29. The summed E-state index contributed by atoms with van der Waals surface area (Å²) in [7, 11) is 0. The molecule has 0 spiro atoms. The lowest BCUT2D eigenvalue weighted by Crippen LogP contribution is -2.28. The molecule has 2 rings (SSSR count). The van der Waals surface area contributed by atoms with E-state index in [1.807, 2.05) is 25.1 Å². The number of hydrogen-bond donors (Lipinski definition) is 1. The van der Waals surface area contributed by atoms with E-state index in [0.29, 0.717) is 15.1 Å². The van der Waals surface area contributed by atoms with E-state index in [0.717, 1.165) is 10.5 Å². The molecule has 0 saturated heterocycles. The highest BCUT2D eigenvalue weighted by molar-refractivity contribution is 8.00. The van der Waals surface area contributed by atoms with Crippen molar-refractivity contribution >= 4 is 52.5 Å². The molecule has 6 heteroatoms. The molecule has 22 heavy (non-hydrogen) atoms. The molecular weight excluding hydrogens is 361 g/mol. The van der Waals surface area contributed by atoms with Crippen LogP contribution in [0, 0.1) is 0 Å². The predicted octanol–water partition coefficient (Wildman–Crippen LogP) is 5.62. The summed E-state index contributed by atoms with van der Waals surface area (Å²) in [5.41, 5.74) is 0.964. The van der Waals surface area contributed by atoms with Gasteiger partial charge in [-0.2, -0.15) is 0 Å². The number of rotatable bonds is 5. The van der Waals surface area contributed by atoms with Crippen LogP contribution in [0.3, 0.4) is 0 Å². The van der Waals surface area contributed by atoms with Gasteiger partial charge in [-0.15, -0.1) is 11.8 Å². The van der Waals surface area contributed by atoms with E-state index in [2.05, 4.69) is 5.32 Å². The number of benzene rings is 2. The van der Waals surface area contributed by atoms with Crippen LogP contribution in [0.1, 0.15) is 18.5 Å². The zero-order valence-electron chi connectivity index (χ0n) is 11.8. The minimum atomic E-state index is -0.110. The highest BCUT2D eigenvalue weighted by atomic mass is 35.5.